The van der Waals surface area contributed by atoms with Crippen molar-refractivity contribution in [3.05, 3.63) is 23.2 Å². The van der Waals surface area contributed by atoms with Crippen molar-refractivity contribution in [2.45, 2.75) is 13.5 Å². The van der Waals surface area contributed by atoms with Crippen LogP contribution in [0.15, 0.2) is 10.5 Å². The molecule has 0 saturated carbocycles. The van der Waals surface area contributed by atoms with E-state index in [1.807, 2.05) is 0 Å². The van der Waals surface area contributed by atoms with Gasteiger partial charge in [0.1, 0.15) is 18.1 Å². The molecule has 4 heteroatoms. The topological polar surface area (TPSA) is 76.5 Å². The Morgan fingerprint density at radius 3 is 2.73 bits per heavy atom. The van der Waals surface area contributed by atoms with E-state index < -0.39 is 5.91 Å². The van der Waals surface area contributed by atoms with Crippen LogP contribution in [0.3, 0.4) is 0 Å². The third kappa shape index (κ3) is 1.40. The van der Waals surface area contributed by atoms with E-state index in [1.165, 1.54) is 6.07 Å². The van der Waals surface area contributed by atoms with Gasteiger partial charge in [-0.2, -0.15) is 0 Å². The summed E-state index contributed by atoms with van der Waals surface area (Å²) >= 11 is 0. The monoisotopic (exact) mass is 155 g/mol. The molecule has 0 atom stereocenters. The zero-order valence-electron chi connectivity index (χ0n) is 6.13. The predicted molar refractivity (Wildman–Crippen MR) is 37.9 cm³/mol. The predicted octanol–water partition coefficient (Wildman–Crippen LogP) is 0.179. The molecule has 0 unspecified atom stereocenters. The first kappa shape index (κ1) is 7.81. The molecule has 0 aliphatic carbocycles. The number of aliphatic hydroxyl groups excluding tert-OH is 1. The summed E-state index contributed by atoms with van der Waals surface area (Å²) in [5.74, 6) is 0.267. The van der Waals surface area contributed by atoms with Crippen LogP contribution in [0.5, 0.6) is 0 Å². The molecule has 0 fully saturated rings. The quantitative estimate of drug-likeness (QED) is 0.639. The Morgan fingerprint density at radius 2 is 2.45 bits per heavy atom. The van der Waals surface area contributed by atoms with E-state index in [0.717, 1.165) is 0 Å². The third-order valence-electron chi connectivity index (χ3n) is 1.39. The largest absolute Gasteiger partial charge is 0.463 e. The molecule has 1 amide bonds. The number of aryl methyl sites for hydroxylation is 1. The fourth-order valence-corrected chi connectivity index (χ4v) is 0.866. The molecule has 1 aromatic heterocycles. The second-order valence-corrected chi connectivity index (χ2v) is 2.20. The molecule has 11 heavy (non-hydrogen) atoms. The smallest absolute Gasteiger partial charge is 0.252 e. The van der Waals surface area contributed by atoms with Crippen molar-refractivity contribution in [3.63, 3.8) is 0 Å². The van der Waals surface area contributed by atoms with Crippen molar-refractivity contribution >= 4 is 5.91 Å². The highest BCUT2D eigenvalue weighted by Crippen LogP contribution is 2.13. The minimum atomic E-state index is -0.536. The van der Waals surface area contributed by atoms with E-state index in [2.05, 4.69) is 0 Å². The Morgan fingerprint density at radius 1 is 1.82 bits per heavy atom. The van der Waals surface area contributed by atoms with E-state index in [-0.39, 0.29) is 6.61 Å². The Kier molecular flexibility index (Phi) is 1.96. The second-order valence-electron chi connectivity index (χ2n) is 2.20. The van der Waals surface area contributed by atoms with E-state index >= 15 is 0 Å². The van der Waals surface area contributed by atoms with Gasteiger partial charge in [-0.15, -0.1) is 0 Å². The number of hydrogen-bond donors (Lipinski definition) is 2. The summed E-state index contributed by atoms with van der Waals surface area (Å²) in [5, 5.41) is 8.61. The maximum Gasteiger partial charge on any atom is 0.252 e. The summed E-state index contributed by atoms with van der Waals surface area (Å²) in [5.41, 5.74) is 5.33. The maximum atomic E-state index is 10.6. The molecule has 0 aliphatic heterocycles. The molecule has 3 N–H and O–H groups in total. The highest BCUT2D eigenvalue weighted by Gasteiger charge is 2.10. The van der Waals surface area contributed by atoms with Crippen LogP contribution in [0.4, 0.5) is 0 Å². The van der Waals surface area contributed by atoms with E-state index in [4.69, 9.17) is 15.3 Å². The second kappa shape index (κ2) is 2.75. The van der Waals surface area contributed by atoms with Gasteiger partial charge in [0, 0.05) is 0 Å². The van der Waals surface area contributed by atoms with Crippen molar-refractivity contribution in [1.29, 1.82) is 0 Å². The Bertz CT molecular complexity index is 277. The number of nitrogens with two attached hydrogens (primary N) is 1. The van der Waals surface area contributed by atoms with Gasteiger partial charge in [-0.1, -0.05) is 0 Å². The number of carbonyl (C=O) groups excluding carboxylic acids is 1. The normalized spacial score (nSPS) is 10.0. The molecular weight excluding hydrogens is 146 g/mol. The summed E-state index contributed by atoms with van der Waals surface area (Å²) in [7, 11) is 0. The van der Waals surface area contributed by atoms with Gasteiger partial charge in [-0.3, -0.25) is 4.79 Å². The first-order valence-electron chi connectivity index (χ1n) is 3.15. The summed E-state index contributed by atoms with van der Waals surface area (Å²) in [6.45, 7) is 1.41. The zero-order valence-corrected chi connectivity index (χ0v) is 6.13. The SMILES string of the molecule is Cc1oc(CO)cc1C(N)=O. The number of carbonyl (C=O) groups is 1. The Balaban J connectivity index is 3.07. The Hall–Kier alpha value is -1.29. The lowest BCUT2D eigenvalue weighted by atomic mass is 10.2. The van der Waals surface area contributed by atoms with Crippen LogP contribution in [0, 0.1) is 6.92 Å². The fourth-order valence-electron chi connectivity index (χ4n) is 0.866. The first-order chi connectivity index (χ1) is 5.15. The zero-order chi connectivity index (χ0) is 8.43. The fraction of sp³-hybridized carbons (Fsp3) is 0.286. The number of hydrogen-bond acceptors (Lipinski definition) is 3. The van der Waals surface area contributed by atoms with Gasteiger partial charge in [0.05, 0.1) is 5.56 Å². The van der Waals surface area contributed by atoms with Crippen molar-refractivity contribution in [3.8, 4) is 0 Å². The van der Waals surface area contributed by atoms with Crippen molar-refractivity contribution in [1.82, 2.24) is 0 Å². The van der Waals surface area contributed by atoms with E-state index in [9.17, 15) is 4.79 Å². The lowest BCUT2D eigenvalue weighted by Crippen LogP contribution is -2.10. The van der Waals surface area contributed by atoms with Crippen LogP contribution in [0.25, 0.3) is 0 Å². The van der Waals surface area contributed by atoms with Gasteiger partial charge in [0.15, 0.2) is 0 Å². The van der Waals surface area contributed by atoms with E-state index in [0.29, 0.717) is 17.1 Å². The minimum Gasteiger partial charge on any atom is -0.463 e. The third-order valence-corrected chi connectivity index (χ3v) is 1.39. The highest BCUT2D eigenvalue weighted by molar-refractivity contribution is 5.93. The summed E-state index contributed by atoms with van der Waals surface area (Å²) < 4.78 is 4.97. The van der Waals surface area contributed by atoms with Crippen molar-refractivity contribution in [2.75, 3.05) is 0 Å². The molecule has 4 nitrogen and oxygen atoms in total. The average molecular weight is 155 g/mol. The molecule has 0 radical (unpaired) electrons. The maximum absolute atomic E-state index is 10.6. The summed E-state index contributed by atoms with van der Waals surface area (Å²) in [6, 6.07) is 1.44. The molecule has 0 aliphatic rings. The molecule has 0 saturated heterocycles. The van der Waals surface area contributed by atoms with Crippen LogP contribution in [-0.2, 0) is 6.61 Å². The van der Waals surface area contributed by atoms with E-state index in [1.54, 1.807) is 6.92 Å². The number of amides is 1. The van der Waals surface area contributed by atoms with Crippen LogP contribution < -0.4 is 5.73 Å². The van der Waals surface area contributed by atoms with Crippen LogP contribution >= 0.6 is 0 Å². The van der Waals surface area contributed by atoms with Gasteiger partial charge >= 0.3 is 0 Å². The lowest BCUT2D eigenvalue weighted by Gasteiger charge is -1.86. The average Bonchev–Trinajstić information content (AvgIpc) is 2.30. The van der Waals surface area contributed by atoms with Crippen molar-refractivity contribution in [2.24, 2.45) is 5.73 Å². The van der Waals surface area contributed by atoms with Crippen molar-refractivity contribution < 1.29 is 14.3 Å². The molecule has 1 rings (SSSR count). The van der Waals surface area contributed by atoms with Gasteiger partial charge in [-0.25, -0.2) is 0 Å². The first-order valence-corrected chi connectivity index (χ1v) is 3.15. The molecular formula is C7H9NO3. The van der Waals surface area contributed by atoms with Gasteiger partial charge in [0.25, 0.3) is 5.91 Å². The number of rotatable bonds is 2. The van der Waals surface area contributed by atoms with Crippen LogP contribution in [0.2, 0.25) is 0 Å². The number of aliphatic hydroxyl groups is 1. The summed E-state index contributed by atoms with van der Waals surface area (Å²) in [4.78, 5) is 10.6. The number of primary amides is 1. The highest BCUT2D eigenvalue weighted by atomic mass is 16.4. The molecule has 0 spiro atoms. The number of furan rings is 1. The molecule has 60 valence electrons. The molecule has 1 aromatic rings. The van der Waals surface area contributed by atoms with Gasteiger partial charge in [0.2, 0.25) is 0 Å². The minimum absolute atomic E-state index is 0.214. The lowest BCUT2D eigenvalue weighted by molar-refractivity contribution is 0.0999. The molecule has 0 aromatic carbocycles. The molecule has 0 bridgehead atoms. The van der Waals surface area contributed by atoms with Crippen LogP contribution in [0.1, 0.15) is 21.9 Å². The van der Waals surface area contributed by atoms with Gasteiger partial charge in [-0.05, 0) is 13.0 Å². The Labute approximate surface area is 63.6 Å². The van der Waals surface area contributed by atoms with Crippen LogP contribution in [-0.4, -0.2) is 11.0 Å². The summed E-state index contributed by atoms with van der Waals surface area (Å²) in [6.07, 6.45) is 0. The van der Waals surface area contributed by atoms with Gasteiger partial charge < -0.3 is 15.3 Å². The molecule has 1 heterocycles. The standard InChI is InChI=1S/C7H9NO3/c1-4-6(7(8)10)2-5(3-9)11-4/h2,9H,3H2,1H3,(H2,8,10).